The SMILES string of the molecule is CC[C@@H](NC(=O)N1CC(=O)NC[C@@H](Cc2cc(Cl)ccc2OC)C1=O)c1ccc(S(=O)(=O)O)cc1. The number of imide groups is 1. The van der Waals surface area contributed by atoms with Crippen LogP contribution in [0.2, 0.25) is 5.02 Å². The molecule has 3 rings (SSSR count). The highest BCUT2D eigenvalue weighted by Gasteiger charge is 2.35. The molecule has 0 aromatic heterocycles. The molecule has 0 aliphatic carbocycles. The number of nitrogens with one attached hydrogen (secondary N) is 2. The van der Waals surface area contributed by atoms with Crippen LogP contribution < -0.4 is 15.4 Å². The van der Waals surface area contributed by atoms with Crippen LogP contribution in [-0.2, 0) is 26.1 Å². The monoisotopic (exact) mass is 523 g/mol. The van der Waals surface area contributed by atoms with Crippen molar-refractivity contribution in [3.8, 4) is 5.75 Å². The van der Waals surface area contributed by atoms with E-state index in [1.807, 2.05) is 0 Å². The van der Waals surface area contributed by atoms with Crippen molar-refractivity contribution in [2.75, 3.05) is 20.2 Å². The van der Waals surface area contributed by atoms with Gasteiger partial charge in [-0.25, -0.2) is 4.79 Å². The van der Waals surface area contributed by atoms with Crippen molar-refractivity contribution >= 4 is 39.6 Å². The van der Waals surface area contributed by atoms with Crippen molar-refractivity contribution in [1.29, 1.82) is 0 Å². The molecule has 12 heteroatoms. The van der Waals surface area contributed by atoms with E-state index >= 15 is 0 Å². The average molecular weight is 524 g/mol. The van der Waals surface area contributed by atoms with Gasteiger partial charge in [-0.3, -0.25) is 19.0 Å². The molecule has 0 saturated carbocycles. The summed E-state index contributed by atoms with van der Waals surface area (Å²) < 4.78 is 37.1. The smallest absolute Gasteiger partial charge is 0.325 e. The highest BCUT2D eigenvalue weighted by atomic mass is 35.5. The normalized spacial score (nSPS) is 17.4. The Morgan fingerprint density at radius 2 is 1.94 bits per heavy atom. The zero-order chi connectivity index (χ0) is 25.8. The molecular weight excluding hydrogens is 498 g/mol. The summed E-state index contributed by atoms with van der Waals surface area (Å²) in [4.78, 5) is 39.2. The Balaban J connectivity index is 1.80. The van der Waals surface area contributed by atoms with E-state index in [1.54, 1.807) is 25.1 Å². The Hall–Kier alpha value is -3.15. The highest BCUT2D eigenvalue weighted by Crippen LogP contribution is 2.27. The summed E-state index contributed by atoms with van der Waals surface area (Å²) in [5, 5.41) is 5.86. The van der Waals surface area contributed by atoms with Gasteiger partial charge in [0.15, 0.2) is 0 Å². The van der Waals surface area contributed by atoms with Gasteiger partial charge in [0.05, 0.1) is 24.0 Å². The van der Waals surface area contributed by atoms with Crippen LogP contribution in [0.5, 0.6) is 5.75 Å². The Morgan fingerprint density at radius 1 is 1.26 bits per heavy atom. The lowest BCUT2D eigenvalue weighted by atomic mass is 9.97. The van der Waals surface area contributed by atoms with Gasteiger partial charge >= 0.3 is 6.03 Å². The Morgan fingerprint density at radius 3 is 2.54 bits per heavy atom. The topological polar surface area (TPSA) is 142 Å². The molecule has 35 heavy (non-hydrogen) atoms. The third-order valence-corrected chi connectivity index (χ3v) is 6.81. The molecular formula is C23H26ClN3O7S. The lowest BCUT2D eigenvalue weighted by Crippen LogP contribution is -2.48. The molecule has 0 spiro atoms. The number of nitrogens with zero attached hydrogens (tertiary/aromatic N) is 1. The molecule has 1 heterocycles. The van der Waals surface area contributed by atoms with Crippen LogP contribution in [-0.4, -0.2) is 55.9 Å². The second kappa shape index (κ2) is 11.1. The molecule has 1 aliphatic rings. The molecule has 1 fully saturated rings. The van der Waals surface area contributed by atoms with Gasteiger partial charge in [0.2, 0.25) is 11.8 Å². The number of hydrogen-bond donors (Lipinski definition) is 3. The fourth-order valence-electron chi connectivity index (χ4n) is 3.85. The summed E-state index contributed by atoms with van der Waals surface area (Å²) in [6, 6.07) is 9.06. The molecule has 2 aromatic rings. The molecule has 3 N–H and O–H groups in total. The van der Waals surface area contributed by atoms with Crippen LogP contribution in [0.1, 0.15) is 30.5 Å². The van der Waals surface area contributed by atoms with E-state index in [0.717, 1.165) is 4.90 Å². The van der Waals surface area contributed by atoms with Crippen molar-refractivity contribution in [2.45, 2.75) is 30.7 Å². The maximum absolute atomic E-state index is 13.3. The van der Waals surface area contributed by atoms with Gasteiger partial charge in [0.1, 0.15) is 12.3 Å². The molecule has 0 radical (unpaired) electrons. The van der Waals surface area contributed by atoms with Gasteiger partial charge in [0, 0.05) is 11.6 Å². The van der Waals surface area contributed by atoms with Crippen LogP contribution in [0.15, 0.2) is 47.4 Å². The van der Waals surface area contributed by atoms with E-state index in [9.17, 15) is 22.8 Å². The summed E-state index contributed by atoms with van der Waals surface area (Å²) in [5.41, 5.74) is 1.24. The predicted molar refractivity (Wildman–Crippen MR) is 128 cm³/mol. The summed E-state index contributed by atoms with van der Waals surface area (Å²) in [6.45, 7) is 1.41. The number of carbonyl (C=O) groups excluding carboxylic acids is 3. The van der Waals surface area contributed by atoms with E-state index in [-0.39, 0.29) is 17.9 Å². The quantitative estimate of drug-likeness (QED) is 0.473. The first-order chi connectivity index (χ1) is 16.5. The van der Waals surface area contributed by atoms with Crippen LogP contribution in [0.3, 0.4) is 0 Å². The Kier molecular flexibility index (Phi) is 8.36. The van der Waals surface area contributed by atoms with E-state index in [1.165, 1.54) is 31.4 Å². The van der Waals surface area contributed by atoms with Gasteiger partial charge in [-0.2, -0.15) is 8.42 Å². The molecule has 1 aliphatic heterocycles. The van der Waals surface area contributed by atoms with E-state index in [2.05, 4.69) is 10.6 Å². The lowest BCUT2D eigenvalue weighted by Gasteiger charge is -2.25. The average Bonchev–Trinajstić information content (AvgIpc) is 2.96. The molecule has 2 aromatic carbocycles. The van der Waals surface area contributed by atoms with Crippen LogP contribution in [0, 0.1) is 5.92 Å². The zero-order valence-electron chi connectivity index (χ0n) is 19.2. The van der Waals surface area contributed by atoms with Crippen molar-refractivity contribution < 1.29 is 32.1 Å². The van der Waals surface area contributed by atoms with Crippen molar-refractivity contribution in [1.82, 2.24) is 15.5 Å². The number of halogens is 1. The molecule has 0 bridgehead atoms. The molecule has 10 nitrogen and oxygen atoms in total. The fourth-order valence-corrected chi connectivity index (χ4v) is 4.52. The van der Waals surface area contributed by atoms with E-state index < -0.39 is 46.5 Å². The first kappa shape index (κ1) is 26.5. The maximum Gasteiger partial charge on any atom is 0.325 e. The third-order valence-electron chi connectivity index (χ3n) is 5.70. The number of benzene rings is 2. The van der Waals surface area contributed by atoms with Crippen molar-refractivity contribution in [2.24, 2.45) is 5.92 Å². The lowest BCUT2D eigenvalue weighted by molar-refractivity contribution is -0.133. The Bertz CT molecular complexity index is 1220. The second-order valence-electron chi connectivity index (χ2n) is 8.04. The molecule has 188 valence electrons. The summed E-state index contributed by atoms with van der Waals surface area (Å²) in [6.07, 6.45) is 0.620. The van der Waals surface area contributed by atoms with Gasteiger partial charge in [-0.1, -0.05) is 30.7 Å². The van der Waals surface area contributed by atoms with E-state index in [0.29, 0.717) is 28.3 Å². The zero-order valence-corrected chi connectivity index (χ0v) is 20.7. The number of hydrogen-bond acceptors (Lipinski definition) is 6. The second-order valence-corrected chi connectivity index (χ2v) is 9.90. The summed E-state index contributed by atoms with van der Waals surface area (Å²) in [7, 11) is -2.85. The molecule has 1 saturated heterocycles. The minimum absolute atomic E-state index is 0.0470. The first-order valence-electron chi connectivity index (χ1n) is 10.8. The van der Waals surface area contributed by atoms with Crippen LogP contribution in [0.4, 0.5) is 4.79 Å². The summed E-state index contributed by atoms with van der Waals surface area (Å²) in [5.74, 6) is -1.19. The minimum atomic E-state index is -4.35. The largest absolute Gasteiger partial charge is 0.496 e. The van der Waals surface area contributed by atoms with Crippen molar-refractivity contribution in [3.05, 3.63) is 58.6 Å². The standard InChI is InChI=1S/C23H26ClN3O7S/c1-3-19(14-4-7-18(8-5-14)35(31,32)33)26-23(30)27-13-21(28)25-12-16(22(27)29)10-15-11-17(24)6-9-20(15)34-2/h4-9,11,16,19H,3,10,12-13H2,1-2H3,(H,25,28)(H,26,30)(H,31,32,33)/t16-,19-/m1/s1. The van der Waals surface area contributed by atoms with Crippen molar-refractivity contribution in [3.63, 3.8) is 0 Å². The van der Waals surface area contributed by atoms with Gasteiger partial charge < -0.3 is 15.4 Å². The molecule has 4 amide bonds. The van der Waals surface area contributed by atoms with Gasteiger partial charge in [0.25, 0.3) is 10.1 Å². The first-order valence-corrected chi connectivity index (χ1v) is 12.6. The number of rotatable bonds is 7. The fraction of sp³-hybridized carbons (Fsp3) is 0.348. The number of ether oxygens (including phenoxy) is 1. The highest BCUT2D eigenvalue weighted by molar-refractivity contribution is 7.85. The molecule has 0 unspecified atom stereocenters. The van der Waals surface area contributed by atoms with Crippen LogP contribution >= 0.6 is 11.6 Å². The number of carbonyl (C=O) groups is 3. The number of urea groups is 1. The Labute approximate surface area is 208 Å². The number of amides is 4. The minimum Gasteiger partial charge on any atom is -0.496 e. The maximum atomic E-state index is 13.3. The predicted octanol–water partition coefficient (Wildman–Crippen LogP) is 2.57. The van der Waals surface area contributed by atoms with Gasteiger partial charge in [-0.05, 0) is 54.3 Å². The summed E-state index contributed by atoms with van der Waals surface area (Å²) >= 11 is 6.10. The van der Waals surface area contributed by atoms with E-state index in [4.69, 9.17) is 20.9 Å². The number of methoxy groups -OCH3 is 1. The van der Waals surface area contributed by atoms with Gasteiger partial charge in [-0.15, -0.1) is 0 Å². The molecule has 2 atom stereocenters. The third kappa shape index (κ3) is 6.50. The van der Waals surface area contributed by atoms with Crippen LogP contribution in [0.25, 0.3) is 0 Å².